The van der Waals surface area contributed by atoms with Gasteiger partial charge in [-0.25, -0.2) is 9.67 Å². The average Bonchev–Trinajstić information content (AvgIpc) is 2.82. The van der Waals surface area contributed by atoms with Gasteiger partial charge in [-0.3, -0.25) is 0 Å². The van der Waals surface area contributed by atoms with Gasteiger partial charge >= 0.3 is 0 Å². The Balaban J connectivity index is 0.000000280. The number of pyridine rings is 1. The summed E-state index contributed by atoms with van der Waals surface area (Å²) in [7, 11) is 0. The zero-order chi connectivity index (χ0) is 13.5. The van der Waals surface area contributed by atoms with Gasteiger partial charge < -0.3 is 0 Å². The Kier molecular flexibility index (Phi) is 6.60. The zero-order valence-corrected chi connectivity index (χ0v) is 13.8. The van der Waals surface area contributed by atoms with Gasteiger partial charge in [-0.2, -0.15) is 5.10 Å². The van der Waals surface area contributed by atoms with Crippen LogP contribution in [0.25, 0.3) is 11.0 Å². The second kappa shape index (κ2) is 7.71. The minimum atomic E-state index is 0.424. The number of hydrogen-bond donors (Lipinski definition) is 0. The molecular formula is C14H22IN3. The minimum Gasteiger partial charge on any atom is -0.245 e. The van der Waals surface area contributed by atoms with E-state index in [0.717, 1.165) is 21.4 Å². The van der Waals surface area contributed by atoms with Crippen molar-refractivity contribution in [3.05, 3.63) is 24.5 Å². The van der Waals surface area contributed by atoms with Crippen molar-refractivity contribution in [3.63, 3.8) is 0 Å². The summed E-state index contributed by atoms with van der Waals surface area (Å²) in [5, 5.41) is 5.43. The van der Waals surface area contributed by atoms with E-state index in [1.165, 1.54) is 6.42 Å². The van der Waals surface area contributed by atoms with E-state index >= 15 is 0 Å². The van der Waals surface area contributed by atoms with Crippen molar-refractivity contribution in [2.24, 2.45) is 0 Å². The smallest absolute Gasteiger partial charge is 0.157 e. The molecule has 3 nitrogen and oxygen atoms in total. The summed E-state index contributed by atoms with van der Waals surface area (Å²) in [5.41, 5.74) is 0.983. The van der Waals surface area contributed by atoms with Gasteiger partial charge in [0.1, 0.15) is 0 Å². The molecule has 100 valence electrons. The molecule has 18 heavy (non-hydrogen) atoms. The highest BCUT2D eigenvalue weighted by molar-refractivity contribution is 14.1. The monoisotopic (exact) mass is 359 g/mol. The van der Waals surface area contributed by atoms with Crippen LogP contribution in [0.1, 0.15) is 46.6 Å². The molecule has 2 aromatic heterocycles. The fourth-order valence-corrected chi connectivity index (χ4v) is 1.38. The molecule has 0 bridgehead atoms. The molecule has 0 amide bonds. The Morgan fingerprint density at radius 1 is 1.28 bits per heavy atom. The summed E-state index contributed by atoms with van der Waals surface area (Å²) in [6.45, 7) is 8.71. The van der Waals surface area contributed by atoms with Gasteiger partial charge in [0.25, 0.3) is 0 Å². The molecule has 0 fully saturated rings. The molecule has 0 radical (unpaired) electrons. The van der Waals surface area contributed by atoms with E-state index in [-0.39, 0.29) is 0 Å². The van der Waals surface area contributed by atoms with Crippen LogP contribution in [0.2, 0.25) is 0 Å². The Morgan fingerprint density at radius 2 is 1.94 bits per heavy atom. The second-order valence-electron chi connectivity index (χ2n) is 4.45. The molecular weight excluding hydrogens is 337 g/mol. The van der Waals surface area contributed by atoms with Gasteiger partial charge in [0.05, 0.1) is 12.2 Å². The zero-order valence-electron chi connectivity index (χ0n) is 11.6. The molecule has 0 saturated heterocycles. The molecule has 0 aromatic carbocycles. The highest BCUT2D eigenvalue weighted by Gasteiger charge is 2.07. The standard InChI is InChI=1S/C10H13N3.C4H9I/c1-3-8(2)13-10-9(7-12-13)5-4-6-11-10;1-3-4(2)5/h4-8H,3H2,1-2H3;4H,3H2,1-2H3. The van der Waals surface area contributed by atoms with Crippen molar-refractivity contribution >= 4 is 33.6 Å². The molecule has 0 saturated carbocycles. The second-order valence-corrected chi connectivity index (χ2v) is 6.58. The normalized spacial score (nSPS) is 13.8. The molecule has 0 spiro atoms. The molecule has 0 aliphatic rings. The Bertz CT molecular complexity index is 465. The van der Waals surface area contributed by atoms with E-state index in [1.807, 2.05) is 29.2 Å². The first-order chi connectivity index (χ1) is 8.60. The van der Waals surface area contributed by atoms with E-state index in [0.29, 0.717) is 6.04 Å². The average molecular weight is 359 g/mol. The molecule has 2 heterocycles. The predicted molar refractivity (Wildman–Crippen MR) is 86.3 cm³/mol. The van der Waals surface area contributed by atoms with Crippen LogP contribution in [0.3, 0.4) is 0 Å². The predicted octanol–water partition coefficient (Wildman–Crippen LogP) is 4.62. The lowest BCUT2D eigenvalue weighted by atomic mass is 10.2. The van der Waals surface area contributed by atoms with Crippen LogP contribution < -0.4 is 0 Å². The lowest BCUT2D eigenvalue weighted by Gasteiger charge is -2.09. The largest absolute Gasteiger partial charge is 0.245 e. The molecule has 0 N–H and O–H groups in total. The van der Waals surface area contributed by atoms with Crippen molar-refractivity contribution in [2.75, 3.05) is 0 Å². The number of hydrogen-bond acceptors (Lipinski definition) is 2. The van der Waals surface area contributed by atoms with E-state index in [9.17, 15) is 0 Å². The maximum Gasteiger partial charge on any atom is 0.157 e. The van der Waals surface area contributed by atoms with Crippen molar-refractivity contribution in [1.82, 2.24) is 14.8 Å². The maximum atomic E-state index is 4.32. The summed E-state index contributed by atoms with van der Waals surface area (Å²) in [4.78, 5) is 4.31. The third kappa shape index (κ3) is 4.23. The summed E-state index contributed by atoms with van der Waals surface area (Å²) in [6.07, 6.45) is 6.05. The lowest BCUT2D eigenvalue weighted by molar-refractivity contribution is 0.490. The quantitative estimate of drug-likeness (QED) is 0.591. The molecule has 2 unspecified atom stereocenters. The van der Waals surface area contributed by atoms with E-state index in [2.05, 4.69) is 60.4 Å². The first kappa shape index (κ1) is 15.4. The first-order valence-electron chi connectivity index (χ1n) is 6.52. The van der Waals surface area contributed by atoms with Crippen LogP contribution in [0, 0.1) is 0 Å². The summed E-state index contributed by atoms with van der Waals surface area (Å²) < 4.78 is 2.84. The Hall–Kier alpha value is -0.650. The van der Waals surface area contributed by atoms with Crippen molar-refractivity contribution in [2.45, 2.75) is 50.5 Å². The number of halogens is 1. The molecule has 2 atom stereocenters. The summed E-state index contributed by atoms with van der Waals surface area (Å²) >= 11 is 2.41. The van der Waals surface area contributed by atoms with E-state index in [1.54, 1.807) is 0 Å². The van der Waals surface area contributed by atoms with Crippen molar-refractivity contribution in [3.8, 4) is 0 Å². The van der Waals surface area contributed by atoms with Crippen LogP contribution in [0.4, 0.5) is 0 Å². The molecule has 0 aliphatic heterocycles. The van der Waals surface area contributed by atoms with Crippen molar-refractivity contribution < 1.29 is 0 Å². The highest BCUT2D eigenvalue weighted by Crippen LogP contribution is 2.16. The molecule has 0 aliphatic carbocycles. The van der Waals surface area contributed by atoms with E-state index < -0.39 is 0 Å². The number of fused-ring (bicyclic) bond motifs is 1. The maximum absolute atomic E-state index is 4.32. The fourth-order valence-electron chi connectivity index (χ4n) is 1.38. The first-order valence-corrected chi connectivity index (χ1v) is 7.77. The Labute approximate surface area is 123 Å². The van der Waals surface area contributed by atoms with Crippen molar-refractivity contribution in [1.29, 1.82) is 0 Å². The molecule has 2 rings (SSSR count). The summed E-state index contributed by atoms with van der Waals surface area (Å²) in [6, 6.07) is 4.39. The third-order valence-electron chi connectivity index (χ3n) is 2.93. The van der Waals surface area contributed by atoms with Gasteiger partial charge in [-0.15, -0.1) is 0 Å². The minimum absolute atomic E-state index is 0.424. The number of nitrogens with zero attached hydrogens (tertiary/aromatic N) is 3. The molecule has 2 aromatic rings. The number of alkyl halides is 1. The van der Waals surface area contributed by atoms with Crippen LogP contribution in [0.5, 0.6) is 0 Å². The van der Waals surface area contributed by atoms with Gasteiger partial charge in [-0.05, 0) is 31.9 Å². The van der Waals surface area contributed by atoms with Gasteiger partial charge in [0.15, 0.2) is 5.65 Å². The highest BCUT2D eigenvalue weighted by atomic mass is 127. The van der Waals surface area contributed by atoms with E-state index in [4.69, 9.17) is 0 Å². The number of rotatable bonds is 3. The van der Waals surface area contributed by atoms with Gasteiger partial charge in [-0.1, -0.05) is 43.4 Å². The van der Waals surface area contributed by atoms with Gasteiger partial charge in [0, 0.05) is 15.5 Å². The topological polar surface area (TPSA) is 30.7 Å². The van der Waals surface area contributed by atoms with Crippen LogP contribution in [-0.4, -0.2) is 18.7 Å². The Morgan fingerprint density at radius 3 is 2.50 bits per heavy atom. The fraction of sp³-hybridized carbons (Fsp3) is 0.571. The molecule has 4 heteroatoms. The third-order valence-corrected chi connectivity index (χ3v) is 3.81. The van der Waals surface area contributed by atoms with Gasteiger partial charge in [0.2, 0.25) is 0 Å². The number of aromatic nitrogens is 3. The van der Waals surface area contributed by atoms with Crippen LogP contribution in [-0.2, 0) is 0 Å². The van der Waals surface area contributed by atoms with Crippen LogP contribution >= 0.6 is 22.6 Å². The lowest BCUT2D eigenvalue weighted by Crippen LogP contribution is -2.05. The summed E-state index contributed by atoms with van der Waals surface area (Å²) in [5.74, 6) is 0. The van der Waals surface area contributed by atoms with Crippen LogP contribution in [0.15, 0.2) is 24.5 Å². The SMILES string of the molecule is CCC(C)I.CCC(C)n1ncc2cccnc21.